The molecule has 15 heavy (non-hydrogen) atoms. The first-order valence-corrected chi connectivity index (χ1v) is 4.90. The summed E-state index contributed by atoms with van der Waals surface area (Å²) >= 11 is 3.28. The van der Waals surface area contributed by atoms with E-state index in [-0.39, 0.29) is 11.0 Å². The molecular formula is C10H6BrNO3. The van der Waals surface area contributed by atoms with Crippen molar-refractivity contribution in [3.8, 4) is 0 Å². The zero-order chi connectivity index (χ0) is 10.8. The van der Waals surface area contributed by atoms with Crippen LogP contribution < -0.4 is 5.43 Å². The molecule has 0 saturated carbocycles. The second kappa shape index (κ2) is 3.86. The van der Waals surface area contributed by atoms with Crippen molar-refractivity contribution in [3.05, 3.63) is 44.7 Å². The van der Waals surface area contributed by atoms with Crippen molar-refractivity contribution in [3.63, 3.8) is 0 Å². The van der Waals surface area contributed by atoms with Gasteiger partial charge in [-0.1, -0.05) is 21.1 Å². The smallest absolute Gasteiger partial charge is 0.201 e. The Labute approximate surface area is 93.0 Å². The minimum atomic E-state index is -0.221. The van der Waals surface area contributed by atoms with E-state index in [1.54, 1.807) is 18.2 Å². The molecule has 76 valence electrons. The quantitative estimate of drug-likeness (QED) is 0.490. The molecule has 0 aliphatic carbocycles. The molecule has 0 spiro atoms. The number of benzene rings is 1. The van der Waals surface area contributed by atoms with E-state index >= 15 is 0 Å². The maximum atomic E-state index is 11.8. The third kappa shape index (κ3) is 1.78. The van der Waals surface area contributed by atoms with Crippen LogP contribution in [0.25, 0.3) is 11.0 Å². The van der Waals surface area contributed by atoms with E-state index in [1.807, 2.05) is 0 Å². The Morgan fingerprint density at radius 3 is 3.00 bits per heavy atom. The number of halogens is 1. The highest BCUT2D eigenvalue weighted by Crippen LogP contribution is 2.17. The lowest BCUT2D eigenvalue weighted by molar-refractivity contribution is 0.321. The van der Waals surface area contributed by atoms with Gasteiger partial charge in [-0.15, -0.1) is 0 Å². The van der Waals surface area contributed by atoms with E-state index < -0.39 is 0 Å². The summed E-state index contributed by atoms with van der Waals surface area (Å²) < 4.78 is 6.06. The van der Waals surface area contributed by atoms with Gasteiger partial charge in [-0.3, -0.25) is 4.79 Å². The SMILES string of the molecule is O=c1c(C=NO)coc2cc(Br)ccc12. The Morgan fingerprint density at radius 2 is 2.27 bits per heavy atom. The number of rotatable bonds is 1. The molecule has 0 amide bonds. The van der Waals surface area contributed by atoms with Crippen molar-refractivity contribution >= 4 is 33.1 Å². The van der Waals surface area contributed by atoms with E-state index in [0.717, 1.165) is 10.7 Å². The largest absolute Gasteiger partial charge is 0.463 e. The lowest BCUT2D eigenvalue weighted by Gasteiger charge is -1.97. The Bertz CT molecular complexity index is 589. The topological polar surface area (TPSA) is 62.8 Å². The van der Waals surface area contributed by atoms with Gasteiger partial charge in [0.25, 0.3) is 0 Å². The Morgan fingerprint density at radius 1 is 1.47 bits per heavy atom. The fraction of sp³-hybridized carbons (Fsp3) is 0. The van der Waals surface area contributed by atoms with Crippen LogP contribution in [0, 0.1) is 0 Å². The van der Waals surface area contributed by atoms with Crippen LogP contribution in [0.15, 0.2) is 43.3 Å². The highest BCUT2D eigenvalue weighted by molar-refractivity contribution is 9.10. The summed E-state index contributed by atoms with van der Waals surface area (Å²) in [5.41, 5.74) is 0.485. The highest BCUT2D eigenvalue weighted by atomic mass is 79.9. The van der Waals surface area contributed by atoms with E-state index in [9.17, 15) is 4.79 Å². The molecular weight excluding hydrogens is 262 g/mol. The zero-order valence-corrected chi connectivity index (χ0v) is 9.06. The van der Waals surface area contributed by atoms with Crippen LogP contribution in [0.4, 0.5) is 0 Å². The molecule has 2 aromatic rings. The molecule has 4 nitrogen and oxygen atoms in total. The Hall–Kier alpha value is -1.62. The molecule has 0 aliphatic heterocycles. The van der Waals surface area contributed by atoms with Crippen LogP contribution in [0.2, 0.25) is 0 Å². The standard InChI is InChI=1S/C10H6BrNO3/c11-7-1-2-8-9(3-7)15-5-6(4-12-14)10(8)13/h1-5,14H. The van der Waals surface area contributed by atoms with Gasteiger partial charge < -0.3 is 9.62 Å². The molecule has 0 radical (unpaired) electrons. The maximum absolute atomic E-state index is 11.8. The summed E-state index contributed by atoms with van der Waals surface area (Å²) in [7, 11) is 0. The normalized spacial score (nSPS) is 11.3. The predicted molar refractivity (Wildman–Crippen MR) is 59.6 cm³/mol. The van der Waals surface area contributed by atoms with Gasteiger partial charge in [0.05, 0.1) is 17.2 Å². The van der Waals surface area contributed by atoms with Gasteiger partial charge in [-0.25, -0.2) is 0 Å². The minimum Gasteiger partial charge on any atom is -0.463 e. The third-order valence-electron chi connectivity index (χ3n) is 1.96. The molecule has 0 aliphatic rings. The number of nitrogens with zero attached hydrogens (tertiary/aromatic N) is 1. The predicted octanol–water partition coefficient (Wildman–Crippen LogP) is 2.36. The molecule has 5 heteroatoms. The summed E-state index contributed by atoms with van der Waals surface area (Å²) in [5, 5.41) is 11.6. The Balaban J connectivity index is 2.80. The molecule has 0 atom stereocenters. The molecule has 2 rings (SSSR count). The van der Waals surface area contributed by atoms with E-state index in [4.69, 9.17) is 9.62 Å². The zero-order valence-electron chi connectivity index (χ0n) is 7.48. The summed E-state index contributed by atoms with van der Waals surface area (Å²) in [5.74, 6) is 0. The van der Waals surface area contributed by atoms with Crippen molar-refractivity contribution in [1.29, 1.82) is 0 Å². The van der Waals surface area contributed by atoms with Crippen LogP contribution in [0.5, 0.6) is 0 Å². The van der Waals surface area contributed by atoms with Crippen LogP contribution >= 0.6 is 15.9 Å². The molecule has 0 bridgehead atoms. The highest BCUT2D eigenvalue weighted by Gasteiger charge is 2.05. The number of fused-ring (bicyclic) bond motifs is 1. The van der Waals surface area contributed by atoms with Gasteiger partial charge in [0.1, 0.15) is 11.8 Å². The van der Waals surface area contributed by atoms with Crippen molar-refractivity contribution in [2.24, 2.45) is 5.16 Å². The first-order valence-electron chi connectivity index (χ1n) is 4.11. The van der Waals surface area contributed by atoms with Crippen molar-refractivity contribution in [2.75, 3.05) is 0 Å². The lowest BCUT2D eigenvalue weighted by Crippen LogP contribution is -2.07. The van der Waals surface area contributed by atoms with Crippen LogP contribution in [-0.4, -0.2) is 11.4 Å². The van der Waals surface area contributed by atoms with E-state index in [1.165, 1.54) is 6.26 Å². The number of oxime groups is 1. The van der Waals surface area contributed by atoms with Crippen LogP contribution in [-0.2, 0) is 0 Å². The van der Waals surface area contributed by atoms with Gasteiger partial charge >= 0.3 is 0 Å². The molecule has 0 unspecified atom stereocenters. The lowest BCUT2D eigenvalue weighted by atomic mass is 10.2. The monoisotopic (exact) mass is 267 g/mol. The number of hydrogen-bond acceptors (Lipinski definition) is 4. The molecule has 0 saturated heterocycles. The molecule has 0 fully saturated rings. The molecule has 1 heterocycles. The van der Waals surface area contributed by atoms with Gasteiger partial charge in [-0.05, 0) is 18.2 Å². The third-order valence-corrected chi connectivity index (χ3v) is 2.45. The summed E-state index contributed by atoms with van der Waals surface area (Å²) in [6.07, 6.45) is 2.31. The summed E-state index contributed by atoms with van der Waals surface area (Å²) in [4.78, 5) is 11.8. The average Bonchev–Trinajstić information content (AvgIpc) is 2.22. The van der Waals surface area contributed by atoms with Gasteiger partial charge in [0, 0.05) is 4.47 Å². The van der Waals surface area contributed by atoms with Gasteiger partial charge in [-0.2, -0.15) is 0 Å². The summed E-state index contributed by atoms with van der Waals surface area (Å²) in [6.45, 7) is 0. The fourth-order valence-electron chi connectivity index (χ4n) is 1.27. The Kier molecular flexibility index (Phi) is 2.55. The first-order chi connectivity index (χ1) is 7.22. The fourth-order valence-corrected chi connectivity index (χ4v) is 1.61. The summed E-state index contributed by atoms with van der Waals surface area (Å²) in [6, 6.07) is 5.11. The van der Waals surface area contributed by atoms with Crippen molar-refractivity contribution in [2.45, 2.75) is 0 Å². The average molecular weight is 268 g/mol. The molecule has 1 aromatic carbocycles. The van der Waals surface area contributed by atoms with Crippen molar-refractivity contribution in [1.82, 2.24) is 0 Å². The minimum absolute atomic E-state index is 0.215. The van der Waals surface area contributed by atoms with Crippen LogP contribution in [0.1, 0.15) is 5.56 Å². The van der Waals surface area contributed by atoms with E-state index in [0.29, 0.717) is 11.0 Å². The second-order valence-corrected chi connectivity index (χ2v) is 3.82. The maximum Gasteiger partial charge on any atom is 0.201 e. The van der Waals surface area contributed by atoms with Crippen LogP contribution in [0.3, 0.4) is 0 Å². The molecule has 1 aromatic heterocycles. The van der Waals surface area contributed by atoms with Gasteiger partial charge in [0.15, 0.2) is 0 Å². The first kappa shape index (κ1) is 9.92. The van der Waals surface area contributed by atoms with E-state index in [2.05, 4.69) is 21.1 Å². The molecule has 1 N–H and O–H groups in total. The second-order valence-electron chi connectivity index (χ2n) is 2.91. The number of hydrogen-bond donors (Lipinski definition) is 1. The van der Waals surface area contributed by atoms with Gasteiger partial charge in [0.2, 0.25) is 5.43 Å². The van der Waals surface area contributed by atoms with Crippen molar-refractivity contribution < 1.29 is 9.62 Å².